The molecule has 1 atom stereocenters. The Morgan fingerprint density at radius 1 is 1.16 bits per heavy atom. The van der Waals surface area contributed by atoms with Gasteiger partial charge in [-0.1, -0.05) is 27.7 Å². The van der Waals surface area contributed by atoms with Gasteiger partial charge in [-0.3, -0.25) is 0 Å². The topological polar surface area (TPSA) is 15.3 Å². The molecule has 0 radical (unpaired) electrons. The van der Waals surface area contributed by atoms with Crippen LogP contribution in [0.15, 0.2) is 0 Å². The Bertz CT molecular complexity index is 215. The number of nitrogens with one attached hydrogen (secondary N) is 1. The van der Waals surface area contributed by atoms with E-state index in [0.717, 1.165) is 19.0 Å². The van der Waals surface area contributed by atoms with Crippen LogP contribution in [0.3, 0.4) is 0 Å². The maximum atomic E-state index is 3.67. The van der Waals surface area contributed by atoms with Crippen molar-refractivity contribution < 1.29 is 0 Å². The van der Waals surface area contributed by atoms with Gasteiger partial charge in [-0.2, -0.15) is 11.8 Å². The Labute approximate surface area is 126 Å². The third-order valence-corrected chi connectivity index (χ3v) is 5.11. The van der Waals surface area contributed by atoms with Crippen molar-refractivity contribution >= 4 is 11.8 Å². The van der Waals surface area contributed by atoms with Gasteiger partial charge in [0.2, 0.25) is 0 Å². The van der Waals surface area contributed by atoms with Crippen LogP contribution in [0.2, 0.25) is 0 Å². The third kappa shape index (κ3) is 7.57. The van der Waals surface area contributed by atoms with Gasteiger partial charge in [0, 0.05) is 24.9 Å². The first-order valence-corrected chi connectivity index (χ1v) is 9.20. The first-order chi connectivity index (χ1) is 8.90. The fourth-order valence-corrected chi connectivity index (χ4v) is 3.20. The number of thioether (sulfide) groups is 1. The predicted molar refractivity (Wildman–Crippen MR) is 91.2 cm³/mol. The van der Waals surface area contributed by atoms with E-state index >= 15 is 0 Å². The van der Waals surface area contributed by atoms with Gasteiger partial charge >= 0.3 is 0 Å². The molecule has 2 nitrogen and oxygen atoms in total. The molecule has 0 aromatic rings. The normalized spacial score (nSPS) is 14.4. The molecule has 0 amide bonds. The Hall–Kier alpha value is 0.270. The van der Waals surface area contributed by atoms with E-state index in [1.807, 2.05) is 11.8 Å². The van der Waals surface area contributed by atoms with Gasteiger partial charge in [-0.25, -0.2) is 0 Å². The number of hydrogen-bond acceptors (Lipinski definition) is 3. The van der Waals surface area contributed by atoms with Gasteiger partial charge in [0.25, 0.3) is 0 Å². The van der Waals surface area contributed by atoms with Crippen LogP contribution in [0.4, 0.5) is 0 Å². The molecule has 0 aliphatic rings. The van der Waals surface area contributed by atoms with Gasteiger partial charge in [-0.05, 0) is 50.9 Å². The predicted octanol–water partition coefficient (Wildman–Crippen LogP) is 3.72. The molecule has 0 fully saturated rings. The third-order valence-electron chi connectivity index (χ3n) is 4.30. The van der Waals surface area contributed by atoms with Crippen molar-refractivity contribution in [1.29, 1.82) is 0 Å². The molecule has 116 valence electrons. The minimum atomic E-state index is 0.427. The molecule has 19 heavy (non-hydrogen) atoms. The molecule has 0 aromatic carbocycles. The van der Waals surface area contributed by atoms with Crippen LogP contribution in [-0.2, 0) is 0 Å². The summed E-state index contributed by atoms with van der Waals surface area (Å²) < 4.78 is 0. The summed E-state index contributed by atoms with van der Waals surface area (Å²) in [4.78, 5) is 2.54. The van der Waals surface area contributed by atoms with E-state index in [-0.39, 0.29) is 0 Å². The summed E-state index contributed by atoms with van der Waals surface area (Å²) in [6.07, 6.45) is 4.71. The molecule has 0 heterocycles. The zero-order chi connectivity index (χ0) is 14.9. The van der Waals surface area contributed by atoms with Crippen LogP contribution in [-0.4, -0.2) is 49.6 Å². The second-order valence-corrected chi connectivity index (χ2v) is 7.36. The van der Waals surface area contributed by atoms with Crippen molar-refractivity contribution in [3.63, 3.8) is 0 Å². The van der Waals surface area contributed by atoms with Crippen LogP contribution in [0.25, 0.3) is 0 Å². The lowest BCUT2D eigenvalue weighted by atomic mass is 9.81. The maximum Gasteiger partial charge on any atom is 0.0155 e. The summed E-state index contributed by atoms with van der Waals surface area (Å²) in [5.41, 5.74) is 0.427. The first kappa shape index (κ1) is 19.3. The molecule has 3 heteroatoms. The molecule has 0 aromatic heterocycles. The minimum Gasteiger partial charge on any atom is -0.316 e. The van der Waals surface area contributed by atoms with Crippen molar-refractivity contribution in [3.8, 4) is 0 Å². The Morgan fingerprint density at radius 3 is 2.16 bits per heavy atom. The van der Waals surface area contributed by atoms with E-state index in [0.29, 0.717) is 11.5 Å². The van der Waals surface area contributed by atoms with E-state index in [4.69, 9.17) is 0 Å². The number of rotatable bonds is 11. The van der Waals surface area contributed by atoms with Gasteiger partial charge in [-0.15, -0.1) is 0 Å². The van der Waals surface area contributed by atoms with E-state index in [2.05, 4.69) is 58.1 Å². The average molecular weight is 289 g/mol. The van der Waals surface area contributed by atoms with Crippen LogP contribution >= 0.6 is 11.8 Å². The molecule has 1 N–H and O–H groups in total. The van der Waals surface area contributed by atoms with Crippen molar-refractivity contribution in [2.45, 2.75) is 53.5 Å². The molecule has 0 saturated heterocycles. The quantitative estimate of drug-likeness (QED) is 0.624. The average Bonchev–Trinajstić information content (AvgIpc) is 2.37. The van der Waals surface area contributed by atoms with E-state index in [9.17, 15) is 0 Å². The summed E-state index contributed by atoms with van der Waals surface area (Å²) in [7, 11) is 2.28. The second-order valence-electron chi connectivity index (χ2n) is 6.45. The Morgan fingerprint density at radius 2 is 1.74 bits per heavy atom. The number of nitrogens with zero attached hydrogens (tertiary/aromatic N) is 1. The highest BCUT2D eigenvalue weighted by Crippen LogP contribution is 2.27. The molecule has 0 spiro atoms. The zero-order valence-corrected chi connectivity index (χ0v) is 15.1. The molecule has 0 aliphatic carbocycles. The fourth-order valence-electron chi connectivity index (χ4n) is 2.46. The van der Waals surface area contributed by atoms with Crippen LogP contribution in [0, 0.1) is 11.3 Å². The van der Waals surface area contributed by atoms with E-state index in [1.54, 1.807) is 0 Å². The minimum absolute atomic E-state index is 0.427. The molecule has 0 bridgehead atoms. The number of hydrogen-bond donors (Lipinski definition) is 1. The molecule has 1 unspecified atom stereocenters. The SMILES string of the molecule is CCC(CC)(CNCC(C)C)CN(C)C(C)CSC. The second kappa shape index (κ2) is 10.1. The molecule has 0 rings (SSSR count). The summed E-state index contributed by atoms with van der Waals surface area (Å²) in [5.74, 6) is 1.96. The zero-order valence-electron chi connectivity index (χ0n) is 14.3. The van der Waals surface area contributed by atoms with Crippen molar-refractivity contribution in [2.75, 3.05) is 38.7 Å². The first-order valence-electron chi connectivity index (χ1n) is 7.80. The molecular weight excluding hydrogens is 252 g/mol. The van der Waals surface area contributed by atoms with Crippen molar-refractivity contribution in [3.05, 3.63) is 0 Å². The van der Waals surface area contributed by atoms with Crippen LogP contribution < -0.4 is 5.32 Å². The summed E-state index contributed by atoms with van der Waals surface area (Å²) in [6, 6.07) is 0.664. The summed E-state index contributed by atoms with van der Waals surface area (Å²) >= 11 is 1.94. The molecular formula is C16H36N2S. The molecule has 0 saturated carbocycles. The van der Waals surface area contributed by atoms with Crippen LogP contribution in [0.5, 0.6) is 0 Å². The fraction of sp³-hybridized carbons (Fsp3) is 1.00. The Balaban J connectivity index is 4.43. The Kier molecular flexibility index (Phi) is 10.2. The smallest absolute Gasteiger partial charge is 0.0155 e. The highest BCUT2D eigenvalue weighted by molar-refractivity contribution is 7.98. The highest BCUT2D eigenvalue weighted by atomic mass is 32.2. The van der Waals surface area contributed by atoms with Gasteiger partial charge in [0.05, 0.1) is 0 Å². The largest absolute Gasteiger partial charge is 0.316 e. The van der Waals surface area contributed by atoms with Gasteiger partial charge in [0.1, 0.15) is 0 Å². The lowest BCUT2D eigenvalue weighted by Gasteiger charge is -2.38. The monoisotopic (exact) mass is 288 g/mol. The highest BCUT2D eigenvalue weighted by Gasteiger charge is 2.28. The summed E-state index contributed by atoms with van der Waals surface area (Å²) in [6.45, 7) is 15.1. The van der Waals surface area contributed by atoms with Crippen molar-refractivity contribution in [1.82, 2.24) is 10.2 Å². The van der Waals surface area contributed by atoms with E-state index in [1.165, 1.54) is 25.1 Å². The standard InChI is InChI=1S/C16H36N2S/c1-8-16(9-2,12-17-10-14(3)4)13-18(6)15(5)11-19-7/h14-15,17H,8-13H2,1-7H3. The van der Waals surface area contributed by atoms with E-state index < -0.39 is 0 Å². The van der Waals surface area contributed by atoms with Gasteiger partial charge in [0.15, 0.2) is 0 Å². The summed E-state index contributed by atoms with van der Waals surface area (Å²) in [5, 5.41) is 3.67. The lowest BCUT2D eigenvalue weighted by molar-refractivity contribution is 0.134. The van der Waals surface area contributed by atoms with Gasteiger partial charge < -0.3 is 10.2 Å². The lowest BCUT2D eigenvalue weighted by Crippen LogP contribution is -2.46. The van der Waals surface area contributed by atoms with Crippen molar-refractivity contribution in [2.24, 2.45) is 11.3 Å². The van der Waals surface area contributed by atoms with Crippen LogP contribution in [0.1, 0.15) is 47.5 Å². The maximum absolute atomic E-state index is 3.67. The molecule has 0 aliphatic heterocycles.